The molecule has 0 unspecified atom stereocenters. The second-order valence-corrected chi connectivity index (χ2v) is 7.46. The molecule has 0 aliphatic carbocycles. The molecule has 1 saturated heterocycles. The summed E-state index contributed by atoms with van der Waals surface area (Å²) in [5.41, 5.74) is 1.86. The summed E-state index contributed by atoms with van der Waals surface area (Å²) in [7, 11) is -2.13. The van der Waals surface area contributed by atoms with Gasteiger partial charge in [-0.1, -0.05) is 30.3 Å². The molecule has 1 aromatic carbocycles. The van der Waals surface area contributed by atoms with Crippen LogP contribution in [-0.4, -0.2) is 32.9 Å². The van der Waals surface area contributed by atoms with Gasteiger partial charge in [0.25, 0.3) is 5.91 Å². The van der Waals surface area contributed by atoms with E-state index in [0.29, 0.717) is 17.0 Å². The Labute approximate surface area is 127 Å². The lowest BCUT2D eigenvalue weighted by Crippen LogP contribution is -2.70. The normalized spacial score (nSPS) is 25.3. The Balaban J connectivity index is 1.89. The number of hydrogen-bond donors (Lipinski definition) is 0. The van der Waals surface area contributed by atoms with Crippen LogP contribution in [0, 0.1) is 0 Å². The number of methoxy groups -OCH3 is 1. The molecule has 0 spiro atoms. The van der Waals surface area contributed by atoms with Crippen LogP contribution >= 0.6 is 0 Å². The number of β-lactam (4-membered cyclic amide) rings is 1. The Morgan fingerprint density at radius 1 is 1.27 bits per heavy atom. The minimum absolute atomic E-state index is 0.146. The van der Waals surface area contributed by atoms with E-state index in [-0.39, 0.29) is 11.7 Å². The van der Waals surface area contributed by atoms with Gasteiger partial charge < -0.3 is 9.15 Å². The first-order valence-corrected chi connectivity index (χ1v) is 8.49. The number of amides is 1. The van der Waals surface area contributed by atoms with Crippen molar-refractivity contribution in [3.63, 3.8) is 0 Å². The van der Waals surface area contributed by atoms with Gasteiger partial charge in [-0.25, -0.2) is 8.42 Å². The molecule has 3 heterocycles. The van der Waals surface area contributed by atoms with E-state index in [2.05, 4.69) is 0 Å². The zero-order valence-corrected chi connectivity index (χ0v) is 12.5. The summed E-state index contributed by atoms with van der Waals surface area (Å²) in [5, 5.41) is -0.961. The second kappa shape index (κ2) is 4.44. The minimum atomic E-state index is -3.48. The van der Waals surface area contributed by atoms with Crippen molar-refractivity contribution in [2.45, 2.75) is 17.2 Å². The van der Waals surface area contributed by atoms with Gasteiger partial charge in [0.05, 0.1) is 17.7 Å². The molecule has 0 radical (unpaired) electrons. The number of anilines is 1. The maximum atomic E-state index is 12.4. The first-order valence-electron chi connectivity index (χ1n) is 6.78. The Morgan fingerprint density at radius 2 is 2.00 bits per heavy atom. The molecule has 22 heavy (non-hydrogen) atoms. The van der Waals surface area contributed by atoms with Gasteiger partial charge in [-0.15, -0.1) is 0 Å². The highest BCUT2D eigenvalue weighted by Gasteiger charge is 2.59. The van der Waals surface area contributed by atoms with E-state index in [1.165, 1.54) is 18.3 Å². The van der Waals surface area contributed by atoms with Gasteiger partial charge in [0.1, 0.15) is 0 Å². The van der Waals surface area contributed by atoms with Crippen molar-refractivity contribution in [3.8, 4) is 11.3 Å². The molecule has 2 atom stereocenters. The summed E-state index contributed by atoms with van der Waals surface area (Å²) < 4.78 is 35.3. The lowest BCUT2D eigenvalue weighted by Gasteiger charge is -2.47. The summed E-state index contributed by atoms with van der Waals surface area (Å²) in [6, 6.07) is 9.31. The van der Waals surface area contributed by atoms with Crippen molar-refractivity contribution >= 4 is 21.4 Å². The third-order valence-corrected chi connectivity index (χ3v) is 6.00. The Morgan fingerprint density at radius 3 is 2.68 bits per heavy atom. The van der Waals surface area contributed by atoms with Crippen molar-refractivity contribution in [2.75, 3.05) is 12.0 Å². The fraction of sp³-hybridized carbons (Fsp3) is 0.267. The summed E-state index contributed by atoms with van der Waals surface area (Å²) in [5.74, 6) is 0.0153. The van der Waals surface area contributed by atoms with Crippen molar-refractivity contribution in [3.05, 3.63) is 42.2 Å². The zero-order chi connectivity index (χ0) is 15.5. The molecule has 1 amide bonds. The van der Waals surface area contributed by atoms with E-state index in [0.717, 1.165) is 5.56 Å². The number of carbonyl (C=O) groups excluding carboxylic acids is 1. The smallest absolute Gasteiger partial charge is 0.260 e. The number of fused-ring (bicyclic) bond motifs is 3. The Hall–Kier alpha value is -2.12. The topological polar surface area (TPSA) is 76.8 Å². The molecule has 7 heteroatoms. The molecule has 6 nitrogen and oxygen atoms in total. The van der Waals surface area contributed by atoms with Crippen molar-refractivity contribution < 1.29 is 22.4 Å². The van der Waals surface area contributed by atoms with Crippen LogP contribution < -0.4 is 4.90 Å². The number of ether oxygens (including phenoxy) is 1. The van der Waals surface area contributed by atoms with E-state index in [9.17, 15) is 13.2 Å². The third kappa shape index (κ3) is 1.63. The zero-order valence-electron chi connectivity index (χ0n) is 11.7. The maximum Gasteiger partial charge on any atom is 0.260 e. The third-order valence-electron chi connectivity index (χ3n) is 4.09. The quantitative estimate of drug-likeness (QED) is 0.785. The van der Waals surface area contributed by atoms with Crippen molar-refractivity contribution in [1.82, 2.24) is 0 Å². The van der Waals surface area contributed by atoms with Crippen LogP contribution in [-0.2, 0) is 25.1 Å². The van der Waals surface area contributed by atoms with Crippen LogP contribution in [0.15, 0.2) is 41.0 Å². The average molecular weight is 319 g/mol. The highest BCUT2D eigenvalue weighted by molar-refractivity contribution is 7.91. The van der Waals surface area contributed by atoms with Gasteiger partial charge in [0.15, 0.2) is 27.1 Å². The highest BCUT2D eigenvalue weighted by Crippen LogP contribution is 2.47. The summed E-state index contributed by atoms with van der Waals surface area (Å²) in [4.78, 5) is 13.5. The fourth-order valence-electron chi connectivity index (χ4n) is 3.09. The molecule has 0 bridgehead atoms. The van der Waals surface area contributed by atoms with Crippen LogP contribution in [0.4, 0.5) is 5.69 Å². The predicted octanol–water partition coefficient (Wildman–Crippen LogP) is 1.56. The largest absolute Gasteiger partial charge is 0.462 e. The summed E-state index contributed by atoms with van der Waals surface area (Å²) in [6.45, 7) is 0. The first kappa shape index (κ1) is 13.5. The average Bonchev–Trinajstić information content (AvgIpc) is 2.89. The van der Waals surface area contributed by atoms with Gasteiger partial charge in [0, 0.05) is 18.2 Å². The van der Waals surface area contributed by atoms with E-state index in [1.54, 1.807) is 0 Å². The molecule has 2 aliphatic rings. The van der Waals surface area contributed by atoms with Crippen LogP contribution in [0.3, 0.4) is 0 Å². The molecule has 1 fully saturated rings. The number of hydrogen-bond acceptors (Lipinski definition) is 5. The second-order valence-electron chi connectivity index (χ2n) is 5.37. The fourth-order valence-corrected chi connectivity index (χ4v) is 5.04. The van der Waals surface area contributed by atoms with Crippen molar-refractivity contribution in [1.29, 1.82) is 0 Å². The van der Waals surface area contributed by atoms with Crippen LogP contribution in [0.5, 0.6) is 0 Å². The molecule has 1 aromatic heterocycles. The molecule has 4 rings (SSSR count). The number of furan rings is 1. The van der Waals surface area contributed by atoms with Crippen LogP contribution in [0.2, 0.25) is 0 Å². The first-order chi connectivity index (χ1) is 10.5. The lowest BCUT2D eigenvalue weighted by atomic mass is 10.0. The number of sulfone groups is 1. The van der Waals surface area contributed by atoms with Gasteiger partial charge in [-0.3, -0.25) is 9.69 Å². The van der Waals surface area contributed by atoms with Gasteiger partial charge in [-0.2, -0.15) is 0 Å². The van der Waals surface area contributed by atoms with E-state index < -0.39 is 21.3 Å². The van der Waals surface area contributed by atoms with E-state index in [1.807, 2.05) is 30.3 Å². The van der Waals surface area contributed by atoms with Gasteiger partial charge >= 0.3 is 0 Å². The van der Waals surface area contributed by atoms with Gasteiger partial charge in [-0.05, 0) is 0 Å². The van der Waals surface area contributed by atoms with E-state index >= 15 is 0 Å². The Bertz CT molecular complexity index is 855. The number of rotatable bonds is 2. The molecule has 2 aliphatic heterocycles. The molecule has 2 aromatic rings. The predicted molar refractivity (Wildman–Crippen MR) is 78.8 cm³/mol. The van der Waals surface area contributed by atoms with Crippen LogP contribution in [0.1, 0.15) is 5.56 Å². The number of nitrogens with zero attached hydrogens (tertiary/aromatic N) is 1. The molecule has 0 N–H and O–H groups in total. The number of carbonyl (C=O) groups is 1. The lowest BCUT2D eigenvalue weighted by molar-refractivity contribution is -0.136. The standard InChI is InChI=1S/C15H13NO5S/c1-20-13-14(17)16-11-10(8-22(18,19)15(13)16)7-21-12(11)9-5-3-2-4-6-9/h2-7,13,15H,8H2,1H3/t13-,15+/m0/s1. The highest BCUT2D eigenvalue weighted by atomic mass is 32.2. The monoisotopic (exact) mass is 319 g/mol. The minimum Gasteiger partial charge on any atom is -0.462 e. The molecular weight excluding hydrogens is 306 g/mol. The summed E-state index contributed by atoms with van der Waals surface area (Å²) in [6.07, 6.45) is 0.482. The Kier molecular flexibility index (Phi) is 2.73. The molecular formula is C15H13NO5S. The molecule has 114 valence electrons. The van der Waals surface area contributed by atoms with Crippen LogP contribution in [0.25, 0.3) is 11.3 Å². The number of benzene rings is 1. The van der Waals surface area contributed by atoms with Crippen molar-refractivity contribution in [2.24, 2.45) is 0 Å². The molecule has 0 saturated carbocycles. The maximum absolute atomic E-state index is 12.4. The summed E-state index contributed by atoms with van der Waals surface area (Å²) >= 11 is 0. The van der Waals surface area contributed by atoms with E-state index in [4.69, 9.17) is 9.15 Å². The van der Waals surface area contributed by atoms with Gasteiger partial charge in [0.2, 0.25) is 0 Å². The SMILES string of the molecule is CO[C@H]1C(=O)N2c3c(coc3-c3ccccc3)CS(=O)(=O)[C@H]12.